The number of benzene rings is 1. The Morgan fingerprint density at radius 2 is 1.83 bits per heavy atom. The van der Waals surface area contributed by atoms with Crippen molar-refractivity contribution in [1.82, 2.24) is 10.2 Å². The van der Waals surface area contributed by atoms with Gasteiger partial charge < -0.3 is 10.1 Å². The lowest BCUT2D eigenvalue weighted by molar-refractivity contribution is -0.128. The van der Waals surface area contributed by atoms with E-state index in [0.717, 1.165) is 18.8 Å². The Bertz CT molecular complexity index is 499. The van der Waals surface area contributed by atoms with E-state index >= 15 is 0 Å². The van der Waals surface area contributed by atoms with Crippen molar-refractivity contribution < 1.29 is 9.53 Å². The predicted octanol–water partition coefficient (Wildman–Crippen LogP) is 3.38. The van der Waals surface area contributed by atoms with E-state index in [4.69, 9.17) is 4.74 Å². The molecular weight excluding hydrogens is 288 g/mol. The van der Waals surface area contributed by atoms with Crippen LogP contribution in [0.5, 0.6) is 5.75 Å². The highest BCUT2D eigenvalue weighted by atomic mass is 16.5. The first-order valence-corrected chi connectivity index (χ1v) is 8.67. The van der Waals surface area contributed by atoms with Crippen LogP contribution in [0.15, 0.2) is 24.3 Å². The number of rotatable bonds is 6. The van der Waals surface area contributed by atoms with E-state index in [9.17, 15) is 4.79 Å². The summed E-state index contributed by atoms with van der Waals surface area (Å²) in [5.41, 5.74) is 0.888. The molecule has 4 nitrogen and oxygen atoms in total. The van der Waals surface area contributed by atoms with Gasteiger partial charge in [-0.3, -0.25) is 9.69 Å². The quantitative estimate of drug-likeness (QED) is 0.874. The van der Waals surface area contributed by atoms with E-state index in [2.05, 4.69) is 22.3 Å². The minimum atomic E-state index is -0.353. The fraction of sp³-hybridized carbons (Fsp3) is 0.632. The van der Waals surface area contributed by atoms with Gasteiger partial charge in [-0.25, -0.2) is 0 Å². The summed E-state index contributed by atoms with van der Waals surface area (Å²) in [6, 6.07) is 8.52. The molecular formula is C19H30N2O2. The Balaban J connectivity index is 2.09. The maximum absolute atomic E-state index is 12.2. The van der Waals surface area contributed by atoms with Crippen molar-refractivity contribution in [3.05, 3.63) is 29.8 Å². The maximum atomic E-state index is 12.2. The molecule has 0 aliphatic carbocycles. The second-order valence-electron chi connectivity index (χ2n) is 7.22. The summed E-state index contributed by atoms with van der Waals surface area (Å²) in [7, 11) is 0. The van der Waals surface area contributed by atoms with Gasteiger partial charge in [-0.05, 0) is 50.6 Å². The van der Waals surface area contributed by atoms with E-state index in [-0.39, 0.29) is 17.4 Å². The van der Waals surface area contributed by atoms with Crippen LogP contribution in [0.1, 0.15) is 52.1 Å². The molecule has 128 valence electrons. The lowest BCUT2D eigenvalue weighted by atomic mass is 9.95. The molecule has 0 aromatic heterocycles. The summed E-state index contributed by atoms with van der Waals surface area (Å²) in [6.45, 7) is 11.4. The summed E-state index contributed by atoms with van der Waals surface area (Å²) in [5, 5.41) is 3.13. The van der Waals surface area contributed by atoms with Gasteiger partial charge in [0.15, 0.2) is 0 Å². The van der Waals surface area contributed by atoms with Crippen molar-refractivity contribution in [2.24, 2.45) is 5.41 Å². The topological polar surface area (TPSA) is 41.6 Å². The van der Waals surface area contributed by atoms with E-state index in [0.29, 0.717) is 13.2 Å². The second kappa shape index (κ2) is 7.82. The Labute approximate surface area is 140 Å². The molecule has 0 spiro atoms. The first kappa shape index (κ1) is 17.8. The summed E-state index contributed by atoms with van der Waals surface area (Å²) < 4.78 is 5.53. The number of amides is 1. The van der Waals surface area contributed by atoms with Crippen molar-refractivity contribution in [3.63, 3.8) is 0 Å². The van der Waals surface area contributed by atoms with Gasteiger partial charge in [0.05, 0.1) is 12.6 Å². The molecule has 2 rings (SSSR count). The maximum Gasteiger partial charge on any atom is 0.225 e. The number of nitrogens with one attached hydrogen (secondary N) is 1. The molecule has 1 fully saturated rings. The van der Waals surface area contributed by atoms with E-state index in [1.54, 1.807) is 0 Å². The fourth-order valence-electron chi connectivity index (χ4n) is 2.92. The Morgan fingerprint density at radius 1 is 1.22 bits per heavy atom. The molecule has 1 N–H and O–H groups in total. The molecule has 1 aliphatic heterocycles. The van der Waals surface area contributed by atoms with Gasteiger partial charge in [0.25, 0.3) is 0 Å². The zero-order chi connectivity index (χ0) is 16.9. The number of likely N-dealkylation sites (tertiary alicyclic amines) is 1. The van der Waals surface area contributed by atoms with Crippen LogP contribution in [0.2, 0.25) is 0 Å². The fourth-order valence-corrected chi connectivity index (χ4v) is 2.92. The van der Waals surface area contributed by atoms with Gasteiger partial charge in [-0.2, -0.15) is 0 Å². The number of ether oxygens (including phenoxy) is 1. The van der Waals surface area contributed by atoms with Gasteiger partial charge in [0, 0.05) is 12.0 Å². The summed E-state index contributed by atoms with van der Waals surface area (Å²) in [5.74, 6) is 1.00. The van der Waals surface area contributed by atoms with Crippen LogP contribution in [0, 0.1) is 5.41 Å². The van der Waals surface area contributed by atoms with Gasteiger partial charge in [-0.1, -0.05) is 32.9 Å². The molecule has 4 heteroatoms. The first-order chi connectivity index (χ1) is 10.9. The second-order valence-corrected chi connectivity index (χ2v) is 7.22. The molecule has 0 bridgehead atoms. The van der Waals surface area contributed by atoms with E-state index < -0.39 is 0 Å². The summed E-state index contributed by atoms with van der Waals surface area (Å²) in [4.78, 5) is 14.7. The summed E-state index contributed by atoms with van der Waals surface area (Å²) in [6.07, 6.45) is 2.47. The Morgan fingerprint density at radius 3 is 2.35 bits per heavy atom. The van der Waals surface area contributed by atoms with Crippen LogP contribution in [-0.2, 0) is 4.79 Å². The molecule has 1 atom stereocenters. The zero-order valence-corrected chi connectivity index (χ0v) is 14.9. The molecule has 1 aromatic carbocycles. The van der Waals surface area contributed by atoms with Gasteiger partial charge in [-0.15, -0.1) is 0 Å². The highest BCUT2D eigenvalue weighted by Crippen LogP contribution is 2.26. The zero-order valence-electron chi connectivity index (χ0n) is 14.9. The largest absolute Gasteiger partial charge is 0.494 e. The molecule has 0 radical (unpaired) electrons. The average molecular weight is 318 g/mol. The molecule has 1 heterocycles. The molecule has 1 saturated heterocycles. The van der Waals surface area contributed by atoms with Crippen LogP contribution in [0.4, 0.5) is 0 Å². The highest BCUT2D eigenvalue weighted by molar-refractivity contribution is 5.81. The van der Waals surface area contributed by atoms with Crippen molar-refractivity contribution in [1.29, 1.82) is 0 Å². The van der Waals surface area contributed by atoms with Crippen LogP contribution in [0.25, 0.3) is 0 Å². The Hall–Kier alpha value is -1.55. The van der Waals surface area contributed by atoms with Crippen LogP contribution in [-0.4, -0.2) is 37.0 Å². The standard InChI is InChI=1S/C19H30N2O2/c1-5-23-16-10-8-15(9-11-16)17(21-12-6-7-13-21)14-20-18(22)19(2,3)4/h8-11,17H,5-7,12-14H2,1-4H3,(H,20,22). The molecule has 1 amide bonds. The van der Waals surface area contributed by atoms with E-state index in [1.165, 1.54) is 18.4 Å². The lowest BCUT2D eigenvalue weighted by Crippen LogP contribution is -2.41. The number of hydrogen-bond donors (Lipinski definition) is 1. The Kier molecular flexibility index (Phi) is 6.05. The van der Waals surface area contributed by atoms with Crippen molar-refractivity contribution in [3.8, 4) is 5.75 Å². The highest BCUT2D eigenvalue weighted by Gasteiger charge is 2.26. The third kappa shape index (κ3) is 4.96. The van der Waals surface area contributed by atoms with Gasteiger partial charge >= 0.3 is 0 Å². The lowest BCUT2D eigenvalue weighted by Gasteiger charge is -2.29. The third-order valence-electron chi connectivity index (χ3n) is 4.29. The number of nitrogens with zero attached hydrogens (tertiary/aromatic N) is 1. The number of hydrogen-bond acceptors (Lipinski definition) is 3. The third-order valence-corrected chi connectivity index (χ3v) is 4.29. The van der Waals surface area contributed by atoms with Gasteiger partial charge in [0.1, 0.15) is 5.75 Å². The molecule has 1 aromatic rings. The molecule has 1 aliphatic rings. The first-order valence-electron chi connectivity index (χ1n) is 8.67. The smallest absolute Gasteiger partial charge is 0.225 e. The number of carbonyl (C=O) groups is 1. The number of carbonyl (C=O) groups excluding carboxylic acids is 1. The molecule has 1 unspecified atom stereocenters. The van der Waals surface area contributed by atoms with Crippen LogP contribution < -0.4 is 10.1 Å². The monoisotopic (exact) mass is 318 g/mol. The van der Waals surface area contributed by atoms with E-state index in [1.807, 2.05) is 39.8 Å². The van der Waals surface area contributed by atoms with Crippen molar-refractivity contribution in [2.75, 3.05) is 26.2 Å². The molecule has 0 saturated carbocycles. The minimum Gasteiger partial charge on any atom is -0.494 e. The average Bonchev–Trinajstić information content (AvgIpc) is 3.02. The normalized spacial score (nSPS) is 17.0. The van der Waals surface area contributed by atoms with Crippen molar-refractivity contribution >= 4 is 5.91 Å². The SMILES string of the molecule is CCOc1ccc(C(CNC(=O)C(C)(C)C)N2CCCC2)cc1. The van der Waals surface area contributed by atoms with Gasteiger partial charge in [0.2, 0.25) is 5.91 Å². The van der Waals surface area contributed by atoms with Crippen LogP contribution in [0.3, 0.4) is 0 Å². The van der Waals surface area contributed by atoms with Crippen LogP contribution >= 0.6 is 0 Å². The van der Waals surface area contributed by atoms with Crippen molar-refractivity contribution in [2.45, 2.75) is 46.6 Å². The summed E-state index contributed by atoms with van der Waals surface area (Å²) >= 11 is 0. The predicted molar refractivity (Wildman–Crippen MR) is 93.6 cm³/mol. The molecule has 23 heavy (non-hydrogen) atoms. The minimum absolute atomic E-state index is 0.104.